The Labute approximate surface area is 160 Å². The molecular weight excluding hydrogens is 396 g/mol. The fourth-order valence-electron chi connectivity index (χ4n) is 2.18. The standard InChI is InChI=1S/C18H17F2NO6S/c1-11-3-8-14(28(2,24)25)9-15(11)17(23)26-10-16(22)21-12-4-6-13(7-5-12)27-18(19)20/h3-9,18H,10H2,1-2H3,(H,21,22). The van der Waals surface area contributed by atoms with Gasteiger partial charge in [0, 0.05) is 11.9 Å². The third kappa shape index (κ3) is 6.02. The molecule has 0 aliphatic heterocycles. The van der Waals surface area contributed by atoms with E-state index in [0.717, 1.165) is 6.26 Å². The van der Waals surface area contributed by atoms with Crippen molar-refractivity contribution >= 4 is 27.4 Å². The third-order valence-corrected chi connectivity index (χ3v) is 4.66. The highest BCUT2D eigenvalue weighted by atomic mass is 32.2. The number of carbonyl (C=O) groups excluding carboxylic acids is 2. The summed E-state index contributed by atoms with van der Waals surface area (Å²) in [4.78, 5) is 24.0. The van der Waals surface area contributed by atoms with E-state index in [4.69, 9.17) is 4.74 Å². The smallest absolute Gasteiger partial charge is 0.387 e. The van der Waals surface area contributed by atoms with Crippen molar-refractivity contribution in [3.05, 3.63) is 53.6 Å². The van der Waals surface area contributed by atoms with Crippen LogP contribution in [0.15, 0.2) is 47.4 Å². The first-order valence-electron chi connectivity index (χ1n) is 7.89. The zero-order chi connectivity index (χ0) is 20.9. The molecule has 1 N–H and O–H groups in total. The first-order chi connectivity index (χ1) is 13.1. The van der Waals surface area contributed by atoms with Gasteiger partial charge in [-0.05, 0) is 48.9 Å². The third-order valence-electron chi connectivity index (χ3n) is 3.55. The SMILES string of the molecule is Cc1ccc(S(C)(=O)=O)cc1C(=O)OCC(=O)Nc1ccc(OC(F)F)cc1. The van der Waals surface area contributed by atoms with Crippen LogP contribution < -0.4 is 10.1 Å². The zero-order valence-corrected chi connectivity index (χ0v) is 15.8. The van der Waals surface area contributed by atoms with Crippen molar-refractivity contribution in [2.75, 3.05) is 18.2 Å². The van der Waals surface area contributed by atoms with E-state index >= 15 is 0 Å². The van der Waals surface area contributed by atoms with Crippen LogP contribution in [0.2, 0.25) is 0 Å². The second kappa shape index (κ2) is 8.79. The van der Waals surface area contributed by atoms with Gasteiger partial charge in [-0.15, -0.1) is 0 Å². The largest absolute Gasteiger partial charge is 0.452 e. The maximum absolute atomic E-state index is 12.2. The second-order valence-corrected chi connectivity index (χ2v) is 7.79. The van der Waals surface area contributed by atoms with E-state index in [9.17, 15) is 26.8 Å². The Balaban J connectivity index is 1.96. The first-order valence-corrected chi connectivity index (χ1v) is 9.78. The molecule has 0 spiro atoms. The molecule has 7 nitrogen and oxygen atoms in total. The van der Waals surface area contributed by atoms with E-state index in [1.165, 1.54) is 42.5 Å². The van der Waals surface area contributed by atoms with Gasteiger partial charge in [0.15, 0.2) is 16.4 Å². The number of amides is 1. The molecule has 0 aliphatic carbocycles. The molecule has 28 heavy (non-hydrogen) atoms. The fourth-order valence-corrected chi connectivity index (χ4v) is 2.82. The summed E-state index contributed by atoms with van der Waals surface area (Å²) in [6.45, 7) is -1.97. The molecule has 2 rings (SSSR count). The predicted octanol–water partition coefficient (Wildman–Crippen LogP) is 2.80. The van der Waals surface area contributed by atoms with Gasteiger partial charge in [0.25, 0.3) is 5.91 Å². The highest BCUT2D eigenvalue weighted by Gasteiger charge is 2.17. The van der Waals surface area contributed by atoms with Crippen LogP contribution in [-0.2, 0) is 19.4 Å². The van der Waals surface area contributed by atoms with E-state index in [2.05, 4.69) is 10.1 Å². The van der Waals surface area contributed by atoms with Gasteiger partial charge < -0.3 is 14.8 Å². The van der Waals surface area contributed by atoms with E-state index in [1.54, 1.807) is 6.92 Å². The van der Waals surface area contributed by atoms with Gasteiger partial charge in [-0.3, -0.25) is 4.79 Å². The molecule has 0 fully saturated rings. The number of alkyl halides is 2. The molecule has 0 bridgehead atoms. The van der Waals surface area contributed by atoms with E-state index in [1.807, 2.05) is 0 Å². The Morgan fingerprint density at radius 2 is 1.75 bits per heavy atom. The summed E-state index contributed by atoms with van der Waals surface area (Å²) in [6.07, 6.45) is 1.01. The predicted molar refractivity (Wildman–Crippen MR) is 96.3 cm³/mol. The molecule has 0 heterocycles. The molecule has 2 aromatic carbocycles. The van der Waals surface area contributed by atoms with Gasteiger partial charge in [-0.2, -0.15) is 8.78 Å². The minimum absolute atomic E-state index is 0.0317. The Bertz CT molecular complexity index is 974. The van der Waals surface area contributed by atoms with Gasteiger partial charge >= 0.3 is 12.6 Å². The maximum Gasteiger partial charge on any atom is 0.387 e. The van der Waals surface area contributed by atoms with Gasteiger partial charge in [-0.25, -0.2) is 13.2 Å². The number of aryl methyl sites for hydroxylation is 1. The molecule has 1 amide bonds. The Morgan fingerprint density at radius 3 is 2.32 bits per heavy atom. The van der Waals surface area contributed by atoms with Crippen LogP contribution in [0.4, 0.5) is 14.5 Å². The van der Waals surface area contributed by atoms with Crippen molar-refractivity contribution in [3.8, 4) is 5.75 Å². The maximum atomic E-state index is 12.2. The van der Waals surface area contributed by atoms with Crippen LogP contribution in [0.25, 0.3) is 0 Å². The molecule has 0 unspecified atom stereocenters. The molecule has 10 heteroatoms. The van der Waals surface area contributed by atoms with E-state index in [0.29, 0.717) is 5.56 Å². The number of halogens is 2. The van der Waals surface area contributed by atoms with Gasteiger partial charge in [-0.1, -0.05) is 6.07 Å². The zero-order valence-electron chi connectivity index (χ0n) is 14.9. The molecule has 2 aromatic rings. The van der Waals surface area contributed by atoms with E-state index < -0.39 is 34.9 Å². The molecule has 0 aromatic heterocycles. The van der Waals surface area contributed by atoms with Gasteiger partial charge in [0.05, 0.1) is 10.5 Å². The number of hydrogen-bond donors (Lipinski definition) is 1. The van der Waals surface area contributed by atoms with Crippen molar-refractivity contribution < 1.29 is 36.3 Å². The van der Waals surface area contributed by atoms with E-state index in [-0.39, 0.29) is 21.9 Å². The van der Waals surface area contributed by atoms with Crippen LogP contribution in [0.5, 0.6) is 5.75 Å². The molecule has 0 radical (unpaired) electrons. The van der Waals surface area contributed by atoms with Crippen molar-refractivity contribution in [1.82, 2.24) is 0 Å². The van der Waals surface area contributed by atoms with Gasteiger partial charge in [0.2, 0.25) is 0 Å². The number of benzene rings is 2. The summed E-state index contributed by atoms with van der Waals surface area (Å²) in [5.41, 5.74) is 0.814. The Morgan fingerprint density at radius 1 is 1.11 bits per heavy atom. The highest BCUT2D eigenvalue weighted by Crippen LogP contribution is 2.18. The average molecular weight is 413 g/mol. The number of anilines is 1. The number of carbonyl (C=O) groups is 2. The summed E-state index contributed by atoms with van der Waals surface area (Å²) >= 11 is 0. The normalized spacial score (nSPS) is 11.2. The lowest BCUT2D eigenvalue weighted by molar-refractivity contribution is -0.119. The minimum Gasteiger partial charge on any atom is -0.452 e. The molecule has 0 saturated carbocycles. The number of sulfone groups is 1. The average Bonchev–Trinajstić information content (AvgIpc) is 2.60. The Kier molecular flexibility index (Phi) is 6.68. The highest BCUT2D eigenvalue weighted by molar-refractivity contribution is 7.90. The minimum atomic E-state index is -3.50. The fraction of sp³-hybridized carbons (Fsp3) is 0.222. The molecule has 0 saturated heterocycles. The number of nitrogens with one attached hydrogen (secondary N) is 1. The second-order valence-electron chi connectivity index (χ2n) is 5.78. The molecule has 0 aliphatic rings. The number of rotatable bonds is 7. The van der Waals surface area contributed by atoms with Crippen molar-refractivity contribution in [2.24, 2.45) is 0 Å². The van der Waals surface area contributed by atoms with Crippen LogP contribution in [0.3, 0.4) is 0 Å². The summed E-state index contributed by atoms with van der Waals surface area (Å²) < 4.78 is 56.5. The number of esters is 1. The lowest BCUT2D eigenvalue weighted by Crippen LogP contribution is -2.21. The topological polar surface area (TPSA) is 98.8 Å². The number of ether oxygens (including phenoxy) is 2. The summed E-state index contributed by atoms with van der Waals surface area (Å²) in [6, 6.07) is 9.20. The molecule has 0 atom stereocenters. The first kappa shape index (κ1) is 21.3. The summed E-state index contributed by atoms with van der Waals surface area (Å²) in [5.74, 6) is -1.58. The quantitative estimate of drug-likeness (QED) is 0.701. The van der Waals surface area contributed by atoms with Crippen molar-refractivity contribution in [1.29, 1.82) is 0 Å². The van der Waals surface area contributed by atoms with Crippen LogP contribution in [-0.4, -0.2) is 39.8 Å². The molecular formula is C18H17F2NO6S. The lowest BCUT2D eigenvalue weighted by Gasteiger charge is -2.10. The number of hydrogen-bond acceptors (Lipinski definition) is 6. The molecule has 150 valence electrons. The van der Waals surface area contributed by atoms with Crippen molar-refractivity contribution in [2.45, 2.75) is 18.4 Å². The monoisotopic (exact) mass is 413 g/mol. The lowest BCUT2D eigenvalue weighted by atomic mass is 10.1. The summed E-state index contributed by atoms with van der Waals surface area (Å²) in [5, 5.41) is 2.42. The van der Waals surface area contributed by atoms with Crippen LogP contribution in [0, 0.1) is 6.92 Å². The Hall–Kier alpha value is -3.01. The van der Waals surface area contributed by atoms with Gasteiger partial charge in [0.1, 0.15) is 5.75 Å². The van der Waals surface area contributed by atoms with Crippen LogP contribution in [0.1, 0.15) is 15.9 Å². The van der Waals surface area contributed by atoms with Crippen molar-refractivity contribution in [3.63, 3.8) is 0 Å². The van der Waals surface area contributed by atoms with Crippen LogP contribution >= 0.6 is 0 Å². The summed E-state index contributed by atoms with van der Waals surface area (Å²) in [7, 11) is -3.50.